The summed E-state index contributed by atoms with van der Waals surface area (Å²) >= 11 is 0. The monoisotopic (exact) mass is 354 g/mol. The normalized spacial score (nSPS) is 11.2. The van der Waals surface area contributed by atoms with Crippen LogP contribution in [-0.2, 0) is 21.4 Å². The molecule has 0 aliphatic heterocycles. The predicted octanol–water partition coefficient (Wildman–Crippen LogP) is 1.95. The van der Waals surface area contributed by atoms with E-state index >= 15 is 0 Å². The van der Waals surface area contributed by atoms with E-state index in [4.69, 9.17) is 0 Å². The number of benzene rings is 2. The summed E-state index contributed by atoms with van der Waals surface area (Å²) in [5.74, 6) is -2.71. The van der Waals surface area contributed by atoms with Crippen LogP contribution < -0.4 is 10.0 Å². The van der Waals surface area contributed by atoms with Crippen molar-refractivity contribution in [3.63, 3.8) is 0 Å². The topological polar surface area (TPSA) is 75.3 Å². The third-order valence-electron chi connectivity index (χ3n) is 3.18. The molecule has 24 heavy (non-hydrogen) atoms. The summed E-state index contributed by atoms with van der Waals surface area (Å²) in [5, 5.41) is 2.66. The van der Waals surface area contributed by atoms with Gasteiger partial charge in [-0.15, -0.1) is 0 Å². The van der Waals surface area contributed by atoms with Gasteiger partial charge in [0.15, 0.2) is 11.6 Å². The standard InChI is InChI=1S/C16H16F2N2O3S/c17-14-7-6-13(10-15(14)18)24(22,23)20-9-8-16(21)19-11-12-4-2-1-3-5-12/h1-7,10,20H,8-9,11H2,(H,19,21). The number of nitrogens with one attached hydrogen (secondary N) is 2. The van der Waals surface area contributed by atoms with Crippen LogP contribution in [0, 0.1) is 11.6 Å². The van der Waals surface area contributed by atoms with Crippen molar-refractivity contribution in [1.29, 1.82) is 0 Å². The number of amides is 1. The zero-order chi connectivity index (χ0) is 17.6. The molecule has 0 aliphatic carbocycles. The lowest BCUT2D eigenvalue weighted by Gasteiger charge is -2.08. The lowest BCUT2D eigenvalue weighted by molar-refractivity contribution is -0.121. The molecular weight excluding hydrogens is 338 g/mol. The van der Waals surface area contributed by atoms with E-state index in [1.165, 1.54) is 0 Å². The van der Waals surface area contributed by atoms with Crippen molar-refractivity contribution in [1.82, 2.24) is 10.0 Å². The molecule has 8 heteroatoms. The maximum absolute atomic E-state index is 13.1. The summed E-state index contributed by atoms with van der Waals surface area (Å²) < 4.78 is 51.9. The Balaban J connectivity index is 1.82. The average Bonchev–Trinajstić information content (AvgIpc) is 2.56. The minimum atomic E-state index is -4.00. The Bertz CT molecular complexity index is 811. The quantitative estimate of drug-likeness (QED) is 0.798. The van der Waals surface area contributed by atoms with Gasteiger partial charge in [0.1, 0.15) is 0 Å². The van der Waals surface area contributed by atoms with Gasteiger partial charge in [-0.25, -0.2) is 21.9 Å². The molecule has 0 bridgehead atoms. The predicted molar refractivity (Wildman–Crippen MR) is 84.5 cm³/mol. The Morgan fingerprint density at radius 3 is 2.38 bits per heavy atom. The van der Waals surface area contributed by atoms with Crippen molar-refractivity contribution in [3.05, 3.63) is 65.7 Å². The smallest absolute Gasteiger partial charge is 0.240 e. The summed E-state index contributed by atoms with van der Waals surface area (Å²) in [6.07, 6.45) is -0.0737. The Morgan fingerprint density at radius 2 is 1.71 bits per heavy atom. The maximum Gasteiger partial charge on any atom is 0.240 e. The fourth-order valence-electron chi connectivity index (χ4n) is 1.91. The number of carbonyl (C=O) groups is 1. The summed E-state index contributed by atoms with van der Waals surface area (Å²) in [6, 6.07) is 11.5. The maximum atomic E-state index is 13.1. The van der Waals surface area contributed by atoms with Gasteiger partial charge in [0.05, 0.1) is 4.90 Å². The molecule has 2 aromatic carbocycles. The third-order valence-corrected chi connectivity index (χ3v) is 4.64. The van der Waals surface area contributed by atoms with Crippen LogP contribution in [0.2, 0.25) is 0 Å². The first kappa shape index (κ1) is 18.0. The Kier molecular flexibility index (Phi) is 5.99. The molecule has 0 aliphatic rings. The van der Waals surface area contributed by atoms with Crippen LogP contribution in [0.4, 0.5) is 8.78 Å². The van der Waals surface area contributed by atoms with E-state index in [0.717, 1.165) is 17.7 Å². The van der Waals surface area contributed by atoms with Gasteiger partial charge in [-0.1, -0.05) is 30.3 Å². The molecule has 0 spiro atoms. The van der Waals surface area contributed by atoms with Gasteiger partial charge in [-0.3, -0.25) is 4.79 Å². The number of sulfonamides is 1. The summed E-state index contributed by atoms with van der Waals surface area (Å²) in [4.78, 5) is 11.3. The number of carbonyl (C=O) groups excluding carboxylic acids is 1. The highest BCUT2D eigenvalue weighted by molar-refractivity contribution is 7.89. The lowest BCUT2D eigenvalue weighted by atomic mass is 10.2. The minimum absolute atomic E-state index is 0.0737. The summed E-state index contributed by atoms with van der Waals surface area (Å²) in [5.41, 5.74) is 0.924. The van der Waals surface area contributed by atoms with Crippen LogP contribution in [-0.4, -0.2) is 20.9 Å². The first-order valence-electron chi connectivity index (χ1n) is 7.14. The van der Waals surface area contributed by atoms with Gasteiger partial charge in [-0.05, 0) is 23.8 Å². The molecule has 0 atom stereocenters. The highest BCUT2D eigenvalue weighted by atomic mass is 32.2. The zero-order valence-electron chi connectivity index (χ0n) is 12.6. The van der Waals surface area contributed by atoms with E-state index in [1.807, 2.05) is 30.3 Å². The van der Waals surface area contributed by atoms with Crippen LogP contribution in [0.3, 0.4) is 0 Å². The van der Waals surface area contributed by atoms with Crippen LogP contribution >= 0.6 is 0 Å². The molecule has 0 heterocycles. The molecule has 5 nitrogen and oxygen atoms in total. The van der Waals surface area contributed by atoms with Gasteiger partial charge in [0.2, 0.25) is 15.9 Å². The molecule has 0 radical (unpaired) electrons. The van der Waals surface area contributed by atoms with Crippen LogP contribution in [0.15, 0.2) is 53.4 Å². The van der Waals surface area contributed by atoms with Crippen LogP contribution in [0.25, 0.3) is 0 Å². The van der Waals surface area contributed by atoms with Crippen molar-refractivity contribution in [2.24, 2.45) is 0 Å². The van der Waals surface area contributed by atoms with Gasteiger partial charge in [0.25, 0.3) is 0 Å². The Hall–Kier alpha value is -2.32. The van der Waals surface area contributed by atoms with E-state index < -0.39 is 26.6 Å². The van der Waals surface area contributed by atoms with E-state index in [1.54, 1.807) is 0 Å². The largest absolute Gasteiger partial charge is 0.352 e. The molecule has 0 saturated heterocycles. The second-order valence-electron chi connectivity index (χ2n) is 4.99. The highest BCUT2D eigenvalue weighted by Crippen LogP contribution is 2.13. The van der Waals surface area contributed by atoms with Gasteiger partial charge < -0.3 is 5.32 Å². The molecule has 2 rings (SSSR count). The van der Waals surface area contributed by atoms with Gasteiger partial charge in [-0.2, -0.15) is 0 Å². The lowest BCUT2D eigenvalue weighted by Crippen LogP contribution is -2.30. The van der Waals surface area contributed by atoms with E-state index in [9.17, 15) is 22.0 Å². The first-order chi connectivity index (χ1) is 11.4. The van der Waals surface area contributed by atoms with E-state index in [-0.39, 0.29) is 18.9 Å². The number of hydrogen-bond acceptors (Lipinski definition) is 3. The third kappa shape index (κ3) is 5.10. The van der Waals surface area contributed by atoms with Gasteiger partial charge >= 0.3 is 0 Å². The minimum Gasteiger partial charge on any atom is -0.352 e. The fourth-order valence-corrected chi connectivity index (χ4v) is 2.95. The number of halogens is 2. The molecule has 2 aromatic rings. The van der Waals surface area contributed by atoms with Crippen molar-refractivity contribution < 1.29 is 22.0 Å². The second kappa shape index (κ2) is 7.98. The van der Waals surface area contributed by atoms with E-state index in [0.29, 0.717) is 12.6 Å². The second-order valence-corrected chi connectivity index (χ2v) is 6.75. The van der Waals surface area contributed by atoms with Crippen molar-refractivity contribution in [2.45, 2.75) is 17.9 Å². The molecule has 2 N–H and O–H groups in total. The summed E-state index contributed by atoms with van der Waals surface area (Å²) in [6.45, 7) is 0.192. The molecule has 0 saturated carbocycles. The summed E-state index contributed by atoms with van der Waals surface area (Å²) in [7, 11) is -4.00. The average molecular weight is 354 g/mol. The Morgan fingerprint density at radius 1 is 1.00 bits per heavy atom. The van der Waals surface area contributed by atoms with Crippen LogP contribution in [0.5, 0.6) is 0 Å². The fraction of sp³-hybridized carbons (Fsp3) is 0.188. The molecule has 0 unspecified atom stereocenters. The molecule has 0 fully saturated rings. The number of rotatable bonds is 7. The van der Waals surface area contributed by atoms with Crippen molar-refractivity contribution >= 4 is 15.9 Å². The van der Waals surface area contributed by atoms with E-state index in [2.05, 4.69) is 10.0 Å². The molecule has 128 valence electrons. The van der Waals surface area contributed by atoms with Crippen molar-refractivity contribution in [3.8, 4) is 0 Å². The SMILES string of the molecule is O=C(CCNS(=O)(=O)c1ccc(F)c(F)c1)NCc1ccccc1. The van der Waals surface area contributed by atoms with Gasteiger partial charge in [0, 0.05) is 19.5 Å². The molecule has 1 amide bonds. The first-order valence-corrected chi connectivity index (χ1v) is 8.62. The molecular formula is C16H16F2N2O3S. The number of hydrogen-bond donors (Lipinski definition) is 2. The van der Waals surface area contributed by atoms with Crippen molar-refractivity contribution in [2.75, 3.05) is 6.54 Å². The molecule has 0 aromatic heterocycles. The highest BCUT2D eigenvalue weighted by Gasteiger charge is 2.16. The Labute approximate surface area is 138 Å². The van der Waals surface area contributed by atoms with Crippen LogP contribution in [0.1, 0.15) is 12.0 Å². The zero-order valence-corrected chi connectivity index (χ0v) is 13.4.